The number of imide groups is 1. The lowest BCUT2D eigenvalue weighted by Gasteiger charge is -2.29. The molecule has 0 spiro atoms. The summed E-state index contributed by atoms with van der Waals surface area (Å²) in [6.07, 6.45) is 6.71. The first-order chi connectivity index (χ1) is 10.4. The Kier molecular flexibility index (Phi) is 4.15. The zero-order valence-electron chi connectivity index (χ0n) is 12.9. The summed E-state index contributed by atoms with van der Waals surface area (Å²) in [5.41, 5.74) is 0. The van der Waals surface area contributed by atoms with Crippen molar-refractivity contribution < 1.29 is 18.0 Å². The molecule has 1 aliphatic carbocycles. The van der Waals surface area contributed by atoms with Crippen LogP contribution in [0.15, 0.2) is 0 Å². The zero-order valence-corrected chi connectivity index (χ0v) is 13.7. The van der Waals surface area contributed by atoms with Crippen molar-refractivity contribution in [3.8, 4) is 0 Å². The first-order valence-electron chi connectivity index (χ1n) is 7.98. The van der Waals surface area contributed by atoms with E-state index >= 15 is 0 Å². The van der Waals surface area contributed by atoms with E-state index in [0.717, 1.165) is 38.4 Å². The highest BCUT2D eigenvalue weighted by Crippen LogP contribution is 2.30. The van der Waals surface area contributed by atoms with Crippen LogP contribution in [0.5, 0.6) is 0 Å². The Morgan fingerprint density at radius 1 is 1.00 bits per heavy atom. The van der Waals surface area contributed by atoms with E-state index in [1.165, 1.54) is 9.21 Å². The molecule has 1 saturated carbocycles. The topological polar surface area (TPSA) is 78.0 Å². The smallest absolute Gasteiger partial charge is 0.311 e. The highest BCUT2D eigenvalue weighted by Gasteiger charge is 2.49. The van der Waals surface area contributed by atoms with E-state index in [1.807, 2.05) is 0 Å². The minimum Gasteiger partial charge on any atom is -0.311 e. The molecule has 8 heteroatoms. The van der Waals surface area contributed by atoms with Crippen LogP contribution in [0.4, 0.5) is 4.79 Å². The van der Waals surface area contributed by atoms with Crippen molar-refractivity contribution >= 4 is 22.0 Å². The third kappa shape index (κ3) is 2.74. The van der Waals surface area contributed by atoms with Gasteiger partial charge in [-0.05, 0) is 19.3 Å². The van der Waals surface area contributed by atoms with Crippen LogP contribution in [0.2, 0.25) is 0 Å². The Bertz CT molecular complexity index is 571. The predicted octanol–water partition coefficient (Wildman–Crippen LogP) is 0.617. The molecule has 0 aromatic heterocycles. The van der Waals surface area contributed by atoms with Gasteiger partial charge in [0.25, 0.3) is 5.91 Å². The highest BCUT2D eigenvalue weighted by molar-refractivity contribution is 7.88. The molecular formula is C14H23N3O4S. The van der Waals surface area contributed by atoms with Gasteiger partial charge in [-0.2, -0.15) is 4.31 Å². The minimum atomic E-state index is -3.35. The average Bonchev–Trinajstić information content (AvgIpc) is 2.65. The second-order valence-corrected chi connectivity index (χ2v) is 8.45. The van der Waals surface area contributed by atoms with Gasteiger partial charge >= 0.3 is 6.03 Å². The lowest BCUT2D eigenvalue weighted by atomic mass is 9.94. The molecule has 0 bridgehead atoms. The summed E-state index contributed by atoms with van der Waals surface area (Å²) in [7, 11) is -3.35. The molecule has 2 saturated heterocycles. The Balaban J connectivity index is 1.82. The normalized spacial score (nSPS) is 28.9. The van der Waals surface area contributed by atoms with E-state index in [2.05, 4.69) is 0 Å². The summed E-state index contributed by atoms with van der Waals surface area (Å²) in [5, 5.41) is 0. The largest absolute Gasteiger partial charge is 0.327 e. The molecule has 1 unspecified atom stereocenters. The molecule has 3 amide bonds. The molecule has 1 atom stereocenters. The van der Waals surface area contributed by atoms with E-state index in [-0.39, 0.29) is 24.5 Å². The molecule has 3 aliphatic rings. The van der Waals surface area contributed by atoms with Crippen LogP contribution in [-0.4, -0.2) is 72.4 Å². The van der Waals surface area contributed by atoms with Gasteiger partial charge in [0.15, 0.2) is 0 Å². The monoisotopic (exact) mass is 329 g/mol. The van der Waals surface area contributed by atoms with Crippen LogP contribution < -0.4 is 0 Å². The maximum atomic E-state index is 12.7. The third-order valence-corrected chi connectivity index (χ3v) is 6.21. The van der Waals surface area contributed by atoms with Gasteiger partial charge < -0.3 is 4.90 Å². The second kappa shape index (κ2) is 5.81. The summed E-state index contributed by atoms with van der Waals surface area (Å²) in [6.45, 7) is 0.910. The number of carbonyl (C=O) groups excluding carboxylic acids is 2. The molecule has 0 N–H and O–H groups in total. The maximum absolute atomic E-state index is 12.7. The van der Waals surface area contributed by atoms with Crippen LogP contribution in [-0.2, 0) is 14.8 Å². The van der Waals surface area contributed by atoms with Gasteiger partial charge in [-0.1, -0.05) is 19.3 Å². The Morgan fingerprint density at radius 2 is 1.68 bits per heavy atom. The first-order valence-corrected chi connectivity index (χ1v) is 9.83. The molecule has 2 aliphatic heterocycles. The fraction of sp³-hybridized carbons (Fsp3) is 0.857. The van der Waals surface area contributed by atoms with Crippen LogP contribution in [0.3, 0.4) is 0 Å². The standard InChI is InChI=1S/C14H23N3O4S/c1-22(20,21)15-8-5-9-16-12(10-15)13(18)17(14(16)19)11-6-3-2-4-7-11/h11-12H,2-10H2,1H3. The molecule has 3 rings (SSSR count). The van der Waals surface area contributed by atoms with Crippen molar-refractivity contribution in [3.05, 3.63) is 0 Å². The second-order valence-electron chi connectivity index (χ2n) is 6.47. The molecule has 124 valence electrons. The summed E-state index contributed by atoms with van der Waals surface area (Å²) < 4.78 is 24.9. The molecular weight excluding hydrogens is 306 g/mol. The number of hydrogen-bond acceptors (Lipinski definition) is 4. The van der Waals surface area contributed by atoms with Gasteiger partial charge in [-0.25, -0.2) is 13.2 Å². The van der Waals surface area contributed by atoms with Gasteiger partial charge in [-0.3, -0.25) is 9.69 Å². The van der Waals surface area contributed by atoms with Crippen molar-refractivity contribution in [2.75, 3.05) is 25.9 Å². The van der Waals surface area contributed by atoms with Crippen molar-refractivity contribution in [1.29, 1.82) is 0 Å². The number of rotatable bonds is 2. The molecule has 2 heterocycles. The lowest BCUT2D eigenvalue weighted by Crippen LogP contribution is -2.44. The number of amides is 3. The minimum absolute atomic E-state index is 0.00707. The third-order valence-electron chi connectivity index (χ3n) is 4.94. The molecule has 3 fully saturated rings. The maximum Gasteiger partial charge on any atom is 0.327 e. The van der Waals surface area contributed by atoms with Crippen LogP contribution in [0.25, 0.3) is 0 Å². The molecule has 7 nitrogen and oxygen atoms in total. The quantitative estimate of drug-likeness (QED) is 0.696. The Morgan fingerprint density at radius 3 is 2.32 bits per heavy atom. The van der Waals surface area contributed by atoms with Gasteiger partial charge in [0.2, 0.25) is 10.0 Å². The summed E-state index contributed by atoms with van der Waals surface area (Å²) in [5.74, 6) is -0.215. The summed E-state index contributed by atoms with van der Waals surface area (Å²) in [6, 6.07) is -0.878. The van der Waals surface area contributed by atoms with Crippen molar-refractivity contribution in [2.45, 2.75) is 50.6 Å². The van der Waals surface area contributed by atoms with Crippen LogP contribution in [0, 0.1) is 0 Å². The Hall–Kier alpha value is -1.15. The Labute approximate surface area is 131 Å². The first kappa shape index (κ1) is 15.7. The van der Waals surface area contributed by atoms with Gasteiger partial charge in [0, 0.05) is 25.7 Å². The lowest BCUT2D eigenvalue weighted by molar-refractivity contribution is -0.130. The number of sulfonamides is 1. The summed E-state index contributed by atoms with van der Waals surface area (Å²) in [4.78, 5) is 28.3. The molecule has 0 radical (unpaired) electrons. The van der Waals surface area contributed by atoms with Crippen LogP contribution in [0.1, 0.15) is 38.5 Å². The van der Waals surface area contributed by atoms with Gasteiger partial charge in [0.1, 0.15) is 6.04 Å². The van der Waals surface area contributed by atoms with Crippen molar-refractivity contribution in [1.82, 2.24) is 14.1 Å². The molecule has 22 heavy (non-hydrogen) atoms. The highest BCUT2D eigenvalue weighted by atomic mass is 32.2. The fourth-order valence-electron chi connectivity index (χ4n) is 3.77. The van der Waals surface area contributed by atoms with E-state index < -0.39 is 16.1 Å². The van der Waals surface area contributed by atoms with Crippen LogP contribution >= 0.6 is 0 Å². The van der Waals surface area contributed by atoms with Crippen molar-refractivity contribution in [3.63, 3.8) is 0 Å². The SMILES string of the molecule is CS(=O)(=O)N1CCCN2C(=O)N(C3CCCCC3)C(=O)C2C1. The number of carbonyl (C=O) groups is 2. The van der Waals surface area contributed by atoms with E-state index in [9.17, 15) is 18.0 Å². The predicted molar refractivity (Wildman–Crippen MR) is 80.6 cm³/mol. The summed E-state index contributed by atoms with van der Waals surface area (Å²) >= 11 is 0. The number of urea groups is 1. The van der Waals surface area contributed by atoms with E-state index in [0.29, 0.717) is 19.5 Å². The van der Waals surface area contributed by atoms with Crippen molar-refractivity contribution in [2.24, 2.45) is 0 Å². The van der Waals surface area contributed by atoms with Gasteiger partial charge in [-0.15, -0.1) is 0 Å². The van der Waals surface area contributed by atoms with E-state index in [4.69, 9.17) is 0 Å². The molecule has 0 aromatic carbocycles. The van der Waals surface area contributed by atoms with E-state index in [1.54, 1.807) is 4.90 Å². The number of fused-ring (bicyclic) bond motifs is 1. The van der Waals surface area contributed by atoms with Gasteiger partial charge in [0.05, 0.1) is 6.26 Å². The fourth-order valence-corrected chi connectivity index (χ4v) is 4.64. The zero-order chi connectivity index (χ0) is 15.9. The molecule has 0 aromatic rings. The number of hydrogen-bond donors (Lipinski definition) is 0. The average molecular weight is 329 g/mol. The number of nitrogens with zero attached hydrogens (tertiary/aromatic N) is 3.